The number of para-hydroxylation sites is 1. The number of rotatable bonds is 6. The smallest absolute Gasteiger partial charge is 0.261 e. The highest BCUT2D eigenvalue weighted by molar-refractivity contribution is 7.12. The van der Waals surface area contributed by atoms with Crippen LogP contribution in [0.2, 0.25) is 0 Å². The zero-order chi connectivity index (χ0) is 16.8. The maximum atomic E-state index is 12.3. The fraction of sp³-hybridized carbons (Fsp3) is 0.167. The first-order chi connectivity index (χ1) is 11.8. The van der Waals surface area contributed by atoms with Crippen molar-refractivity contribution in [3.63, 3.8) is 0 Å². The first-order valence-corrected chi connectivity index (χ1v) is 8.57. The zero-order valence-corrected chi connectivity index (χ0v) is 13.8. The largest absolute Gasteiger partial charge is 0.352 e. The maximum absolute atomic E-state index is 12.3. The summed E-state index contributed by atoms with van der Waals surface area (Å²) in [5, 5.41) is 8.51. The molecule has 0 fully saturated rings. The number of carbonyl (C=O) groups excluding carboxylic acids is 2. The third-order valence-electron chi connectivity index (χ3n) is 3.55. The lowest BCUT2D eigenvalue weighted by molar-refractivity contribution is 0.0954. The number of benzene rings is 1. The van der Waals surface area contributed by atoms with Gasteiger partial charge in [-0.05, 0) is 30.0 Å². The minimum Gasteiger partial charge on any atom is -0.352 e. The predicted octanol–water partition coefficient (Wildman–Crippen LogP) is 2.85. The van der Waals surface area contributed by atoms with Crippen LogP contribution in [0.3, 0.4) is 0 Å². The lowest BCUT2D eigenvalue weighted by Crippen LogP contribution is -2.29. The molecule has 24 heavy (non-hydrogen) atoms. The van der Waals surface area contributed by atoms with Gasteiger partial charge in [-0.3, -0.25) is 14.6 Å². The number of amides is 2. The molecule has 2 heterocycles. The molecule has 0 aliphatic heterocycles. The van der Waals surface area contributed by atoms with Crippen LogP contribution in [0, 0.1) is 0 Å². The van der Waals surface area contributed by atoms with Gasteiger partial charge in [-0.2, -0.15) is 0 Å². The summed E-state index contributed by atoms with van der Waals surface area (Å²) in [5.41, 5.74) is 1.26. The Morgan fingerprint density at radius 1 is 0.958 bits per heavy atom. The van der Waals surface area contributed by atoms with Crippen LogP contribution < -0.4 is 10.6 Å². The van der Waals surface area contributed by atoms with Crippen molar-refractivity contribution in [1.82, 2.24) is 15.6 Å². The molecule has 122 valence electrons. The molecule has 0 spiro atoms. The van der Waals surface area contributed by atoms with Crippen molar-refractivity contribution < 1.29 is 9.59 Å². The van der Waals surface area contributed by atoms with Crippen molar-refractivity contribution in [3.8, 4) is 0 Å². The Bertz CT molecular complexity index is 841. The van der Waals surface area contributed by atoms with E-state index in [-0.39, 0.29) is 11.8 Å². The topological polar surface area (TPSA) is 71.1 Å². The number of hydrogen-bond donors (Lipinski definition) is 2. The van der Waals surface area contributed by atoms with E-state index >= 15 is 0 Å². The summed E-state index contributed by atoms with van der Waals surface area (Å²) in [4.78, 5) is 29.1. The summed E-state index contributed by atoms with van der Waals surface area (Å²) < 4.78 is 0. The number of aromatic nitrogens is 1. The number of fused-ring (bicyclic) bond motifs is 1. The van der Waals surface area contributed by atoms with E-state index in [1.165, 1.54) is 11.3 Å². The molecule has 3 rings (SSSR count). The zero-order valence-electron chi connectivity index (χ0n) is 13.0. The number of thiophene rings is 1. The van der Waals surface area contributed by atoms with Crippen LogP contribution in [0.25, 0.3) is 10.9 Å². The summed E-state index contributed by atoms with van der Waals surface area (Å²) in [7, 11) is 0. The Morgan fingerprint density at radius 2 is 1.75 bits per heavy atom. The first kappa shape index (κ1) is 16.1. The molecular weight excluding hydrogens is 322 g/mol. The maximum Gasteiger partial charge on any atom is 0.261 e. The summed E-state index contributed by atoms with van der Waals surface area (Å²) in [5.74, 6) is -0.224. The molecule has 0 aliphatic carbocycles. The van der Waals surface area contributed by atoms with E-state index in [2.05, 4.69) is 15.6 Å². The van der Waals surface area contributed by atoms with Crippen LogP contribution in [0.15, 0.2) is 54.0 Å². The van der Waals surface area contributed by atoms with Crippen LogP contribution in [0.4, 0.5) is 0 Å². The molecule has 0 bridgehead atoms. The monoisotopic (exact) mass is 339 g/mol. The van der Waals surface area contributed by atoms with E-state index in [4.69, 9.17) is 0 Å². The van der Waals surface area contributed by atoms with Crippen molar-refractivity contribution in [3.05, 3.63) is 64.5 Å². The number of pyridine rings is 1. The van der Waals surface area contributed by atoms with Crippen LogP contribution >= 0.6 is 11.3 Å². The van der Waals surface area contributed by atoms with Gasteiger partial charge in [-0.15, -0.1) is 11.3 Å². The second-order valence-corrected chi connectivity index (χ2v) is 6.17. The third-order valence-corrected chi connectivity index (χ3v) is 4.42. The molecule has 2 N–H and O–H groups in total. The fourth-order valence-electron chi connectivity index (χ4n) is 2.37. The lowest BCUT2D eigenvalue weighted by atomic mass is 10.1. The summed E-state index contributed by atoms with van der Waals surface area (Å²) in [6.45, 7) is 1.01. The fourth-order valence-corrected chi connectivity index (χ4v) is 3.01. The number of nitrogens with one attached hydrogen (secondary N) is 2. The predicted molar refractivity (Wildman–Crippen MR) is 95.3 cm³/mol. The van der Waals surface area contributed by atoms with Gasteiger partial charge in [0.25, 0.3) is 11.8 Å². The minimum atomic E-state index is -0.149. The molecule has 0 unspecified atom stereocenters. The molecule has 3 aromatic rings. The second-order valence-electron chi connectivity index (χ2n) is 5.22. The van der Waals surface area contributed by atoms with Gasteiger partial charge in [0.2, 0.25) is 0 Å². The Morgan fingerprint density at radius 3 is 2.54 bits per heavy atom. The molecule has 1 aromatic carbocycles. The van der Waals surface area contributed by atoms with E-state index in [9.17, 15) is 9.59 Å². The Labute approximate surface area is 143 Å². The Hall–Kier alpha value is -2.73. The van der Waals surface area contributed by atoms with Crippen LogP contribution in [0.1, 0.15) is 26.5 Å². The van der Waals surface area contributed by atoms with E-state index in [0.29, 0.717) is 35.5 Å². The van der Waals surface area contributed by atoms with Gasteiger partial charge in [0.05, 0.1) is 16.0 Å². The standard InChI is InChI=1S/C18H17N3O2S/c22-17(14-7-1-5-13-6-2-9-19-16(13)14)20-10-4-11-21-18(23)15-8-3-12-24-15/h1-3,5-9,12H,4,10-11H2,(H,20,22)(H,21,23). The Balaban J connectivity index is 1.48. The first-order valence-electron chi connectivity index (χ1n) is 7.69. The molecular formula is C18H17N3O2S. The van der Waals surface area contributed by atoms with Crippen molar-refractivity contribution in [2.24, 2.45) is 0 Å². The summed E-state index contributed by atoms with van der Waals surface area (Å²) in [6, 6.07) is 13.0. The van der Waals surface area contributed by atoms with Crippen LogP contribution in [0.5, 0.6) is 0 Å². The molecule has 2 amide bonds. The molecule has 0 atom stereocenters. The van der Waals surface area contributed by atoms with Gasteiger partial charge in [-0.25, -0.2) is 0 Å². The van der Waals surface area contributed by atoms with Gasteiger partial charge in [-0.1, -0.05) is 24.3 Å². The average molecular weight is 339 g/mol. The number of hydrogen-bond acceptors (Lipinski definition) is 4. The minimum absolute atomic E-state index is 0.0745. The molecule has 2 aromatic heterocycles. The molecule has 0 saturated carbocycles. The van der Waals surface area contributed by atoms with Gasteiger partial charge in [0.15, 0.2) is 0 Å². The quantitative estimate of drug-likeness (QED) is 0.679. The number of carbonyl (C=O) groups is 2. The highest BCUT2D eigenvalue weighted by Crippen LogP contribution is 2.15. The van der Waals surface area contributed by atoms with Crippen molar-refractivity contribution >= 4 is 34.1 Å². The average Bonchev–Trinajstić information content (AvgIpc) is 3.15. The van der Waals surface area contributed by atoms with Crippen molar-refractivity contribution in [2.75, 3.05) is 13.1 Å². The van der Waals surface area contributed by atoms with Crippen LogP contribution in [-0.2, 0) is 0 Å². The summed E-state index contributed by atoms with van der Waals surface area (Å²) >= 11 is 1.41. The van der Waals surface area contributed by atoms with Gasteiger partial charge in [0.1, 0.15) is 0 Å². The second kappa shape index (κ2) is 7.70. The van der Waals surface area contributed by atoms with Crippen LogP contribution in [-0.4, -0.2) is 29.9 Å². The third kappa shape index (κ3) is 3.78. The highest BCUT2D eigenvalue weighted by atomic mass is 32.1. The Kier molecular flexibility index (Phi) is 5.18. The molecule has 0 radical (unpaired) electrons. The molecule has 0 saturated heterocycles. The SMILES string of the molecule is O=C(NCCCNC(=O)c1cccc2cccnc12)c1cccs1. The van der Waals surface area contributed by atoms with E-state index in [0.717, 1.165) is 5.39 Å². The molecule has 6 heteroatoms. The van der Waals surface area contributed by atoms with Gasteiger partial charge >= 0.3 is 0 Å². The molecule has 5 nitrogen and oxygen atoms in total. The van der Waals surface area contributed by atoms with E-state index in [1.807, 2.05) is 35.7 Å². The normalized spacial score (nSPS) is 10.5. The molecule has 0 aliphatic rings. The highest BCUT2D eigenvalue weighted by Gasteiger charge is 2.10. The van der Waals surface area contributed by atoms with Gasteiger partial charge in [0, 0.05) is 24.7 Å². The van der Waals surface area contributed by atoms with Crippen molar-refractivity contribution in [1.29, 1.82) is 0 Å². The number of nitrogens with zero attached hydrogens (tertiary/aromatic N) is 1. The van der Waals surface area contributed by atoms with E-state index < -0.39 is 0 Å². The van der Waals surface area contributed by atoms with Gasteiger partial charge < -0.3 is 10.6 Å². The van der Waals surface area contributed by atoms with E-state index in [1.54, 1.807) is 18.3 Å². The lowest BCUT2D eigenvalue weighted by Gasteiger charge is -2.08. The summed E-state index contributed by atoms with van der Waals surface area (Å²) in [6.07, 6.45) is 2.35. The van der Waals surface area contributed by atoms with Crippen molar-refractivity contribution in [2.45, 2.75) is 6.42 Å².